The minimum Gasteiger partial charge on any atom is -0.486 e. The maximum Gasteiger partial charge on any atom is 0.243 e. The average molecular weight is 412 g/mol. The number of thioether (sulfide) groups is 1. The molecule has 1 amide bonds. The topological polar surface area (TPSA) is 97.3 Å². The summed E-state index contributed by atoms with van der Waals surface area (Å²) in [5.74, 6) is 1.64. The normalized spacial score (nSPS) is 21.0. The highest BCUT2D eigenvalue weighted by atomic mass is 32.2. The predicted molar refractivity (Wildman–Crippen MR) is 102 cm³/mol. The molecule has 1 saturated heterocycles. The Morgan fingerprint density at radius 3 is 2.63 bits per heavy atom. The lowest BCUT2D eigenvalue weighted by Gasteiger charge is -2.30. The van der Waals surface area contributed by atoms with Crippen molar-refractivity contribution in [3.63, 3.8) is 0 Å². The minimum absolute atomic E-state index is 0.0699. The van der Waals surface area contributed by atoms with Gasteiger partial charge in [-0.1, -0.05) is 11.8 Å². The third kappa shape index (κ3) is 3.92. The molecule has 4 rings (SSSR count). The Bertz CT molecular complexity index is 863. The summed E-state index contributed by atoms with van der Waals surface area (Å²) in [7, 11) is -3.63. The second-order valence-electron chi connectivity index (χ2n) is 6.51. The fourth-order valence-electron chi connectivity index (χ4n) is 3.31. The Morgan fingerprint density at radius 1 is 1.19 bits per heavy atom. The van der Waals surface area contributed by atoms with Crippen LogP contribution in [0.4, 0.5) is 0 Å². The van der Waals surface area contributed by atoms with Crippen molar-refractivity contribution in [2.75, 3.05) is 38.6 Å². The van der Waals surface area contributed by atoms with Crippen molar-refractivity contribution in [3.8, 4) is 11.5 Å². The van der Waals surface area contributed by atoms with Gasteiger partial charge in [-0.25, -0.2) is 8.42 Å². The van der Waals surface area contributed by atoms with Crippen LogP contribution in [0.1, 0.15) is 12.8 Å². The lowest BCUT2D eigenvalue weighted by atomic mass is 9.97. The van der Waals surface area contributed by atoms with Crippen LogP contribution in [-0.4, -0.2) is 62.4 Å². The molecule has 0 spiro atoms. The van der Waals surface area contributed by atoms with Crippen LogP contribution in [0, 0.1) is 5.92 Å². The van der Waals surface area contributed by atoms with E-state index in [0.29, 0.717) is 55.8 Å². The number of benzene rings is 1. The van der Waals surface area contributed by atoms with Gasteiger partial charge in [-0.2, -0.15) is 4.31 Å². The maximum absolute atomic E-state index is 12.9. The van der Waals surface area contributed by atoms with Gasteiger partial charge in [0.25, 0.3) is 0 Å². The maximum atomic E-state index is 12.9. The van der Waals surface area contributed by atoms with Gasteiger partial charge in [0.05, 0.1) is 11.4 Å². The van der Waals surface area contributed by atoms with Crippen LogP contribution >= 0.6 is 11.8 Å². The molecule has 27 heavy (non-hydrogen) atoms. The zero-order valence-electron chi connectivity index (χ0n) is 14.7. The lowest BCUT2D eigenvalue weighted by Crippen LogP contribution is -2.43. The van der Waals surface area contributed by atoms with Gasteiger partial charge in [0, 0.05) is 30.8 Å². The Kier molecular flexibility index (Phi) is 5.29. The Hall–Kier alpha value is -1.78. The van der Waals surface area contributed by atoms with Gasteiger partial charge >= 0.3 is 0 Å². The largest absolute Gasteiger partial charge is 0.486 e. The number of carbonyl (C=O) groups excluding carboxylic acids is 1. The van der Waals surface area contributed by atoms with Crippen molar-refractivity contribution in [3.05, 3.63) is 18.2 Å². The van der Waals surface area contributed by atoms with Crippen molar-refractivity contribution < 1.29 is 22.7 Å². The van der Waals surface area contributed by atoms with Crippen LogP contribution in [0.15, 0.2) is 28.1 Å². The third-order valence-electron chi connectivity index (χ3n) is 4.79. The van der Waals surface area contributed by atoms with Crippen LogP contribution in [0.3, 0.4) is 0 Å². The van der Waals surface area contributed by atoms with E-state index in [-0.39, 0.29) is 16.7 Å². The molecule has 0 radical (unpaired) electrons. The average Bonchev–Trinajstić information content (AvgIpc) is 3.20. The number of piperidine rings is 1. The molecule has 3 aliphatic rings. The zero-order valence-corrected chi connectivity index (χ0v) is 16.4. The summed E-state index contributed by atoms with van der Waals surface area (Å²) in [5.41, 5.74) is 0. The first-order valence-corrected chi connectivity index (χ1v) is 11.3. The fraction of sp³-hybridized carbons (Fsp3) is 0.529. The number of rotatable bonds is 3. The molecule has 8 nitrogen and oxygen atoms in total. The molecule has 0 atom stereocenters. The molecule has 0 aromatic heterocycles. The second kappa shape index (κ2) is 7.69. The molecule has 0 bridgehead atoms. The highest BCUT2D eigenvalue weighted by Gasteiger charge is 2.33. The molecule has 1 aromatic carbocycles. The number of aliphatic imine (C=N–C) groups is 1. The van der Waals surface area contributed by atoms with Crippen molar-refractivity contribution in [1.82, 2.24) is 9.62 Å². The van der Waals surface area contributed by atoms with E-state index >= 15 is 0 Å². The number of sulfonamides is 1. The first-order valence-electron chi connectivity index (χ1n) is 8.92. The highest BCUT2D eigenvalue weighted by Crippen LogP contribution is 2.34. The van der Waals surface area contributed by atoms with Gasteiger partial charge in [0.1, 0.15) is 13.2 Å². The predicted octanol–water partition coefficient (Wildman–Crippen LogP) is 1.08. The van der Waals surface area contributed by atoms with Gasteiger partial charge < -0.3 is 14.8 Å². The van der Waals surface area contributed by atoms with Crippen molar-refractivity contribution in [2.45, 2.75) is 17.7 Å². The standard InChI is InChI=1S/C17H21N3O5S2/c21-16(19-17-18-5-10-26-17)12-3-6-20(7-4-12)27(22,23)13-1-2-14-15(11-13)25-9-8-24-14/h1-2,11-12H,3-10H2,(H,18,19,21). The van der Waals surface area contributed by atoms with E-state index in [1.165, 1.54) is 28.2 Å². The van der Waals surface area contributed by atoms with E-state index in [2.05, 4.69) is 10.3 Å². The molecule has 3 heterocycles. The monoisotopic (exact) mass is 411 g/mol. The summed E-state index contributed by atoms with van der Waals surface area (Å²) < 4.78 is 38.2. The number of ether oxygens (including phenoxy) is 2. The molecule has 0 saturated carbocycles. The number of carbonyl (C=O) groups is 1. The SMILES string of the molecule is O=C(NC1=NCCS1)C1CCN(S(=O)(=O)c2ccc3c(c2)OCCO3)CC1. The Morgan fingerprint density at radius 2 is 1.93 bits per heavy atom. The quantitative estimate of drug-likeness (QED) is 0.799. The van der Waals surface area contributed by atoms with Crippen LogP contribution in [-0.2, 0) is 14.8 Å². The van der Waals surface area contributed by atoms with Crippen LogP contribution in [0.2, 0.25) is 0 Å². The number of fused-ring (bicyclic) bond motifs is 1. The summed E-state index contributed by atoms with van der Waals surface area (Å²) in [6, 6.07) is 4.68. The first-order chi connectivity index (χ1) is 13.0. The number of amidine groups is 1. The van der Waals surface area contributed by atoms with Gasteiger partial charge in [-0.15, -0.1) is 0 Å². The van der Waals surface area contributed by atoms with Gasteiger partial charge in [-0.3, -0.25) is 9.79 Å². The van der Waals surface area contributed by atoms with E-state index in [1.807, 2.05) is 0 Å². The van der Waals surface area contributed by atoms with E-state index in [1.54, 1.807) is 6.07 Å². The third-order valence-corrected chi connectivity index (χ3v) is 7.58. The number of amides is 1. The zero-order chi connectivity index (χ0) is 18.9. The van der Waals surface area contributed by atoms with Crippen LogP contribution in [0.25, 0.3) is 0 Å². The Labute approximate surface area is 162 Å². The molecule has 146 valence electrons. The number of nitrogens with zero attached hydrogens (tertiary/aromatic N) is 2. The van der Waals surface area contributed by atoms with Gasteiger partial charge in [-0.05, 0) is 25.0 Å². The summed E-state index contributed by atoms with van der Waals surface area (Å²) in [6.07, 6.45) is 0.987. The van der Waals surface area contributed by atoms with Crippen LogP contribution < -0.4 is 14.8 Å². The second-order valence-corrected chi connectivity index (χ2v) is 9.53. The number of hydrogen-bond acceptors (Lipinski definition) is 7. The highest BCUT2D eigenvalue weighted by molar-refractivity contribution is 8.14. The first kappa shape index (κ1) is 18.6. The molecular weight excluding hydrogens is 390 g/mol. The van der Waals surface area contributed by atoms with Crippen LogP contribution in [0.5, 0.6) is 11.5 Å². The van der Waals surface area contributed by atoms with Crippen molar-refractivity contribution in [1.29, 1.82) is 0 Å². The summed E-state index contributed by atoms with van der Waals surface area (Å²) >= 11 is 1.54. The summed E-state index contributed by atoms with van der Waals surface area (Å²) in [4.78, 5) is 16.7. The Balaban J connectivity index is 1.40. The van der Waals surface area contributed by atoms with E-state index in [9.17, 15) is 13.2 Å². The molecular formula is C17H21N3O5S2. The van der Waals surface area contributed by atoms with Crippen molar-refractivity contribution >= 4 is 32.9 Å². The lowest BCUT2D eigenvalue weighted by molar-refractivity contribution is -0.124. The van der Waals surface area contributed by atoms with Crippen molar-refractivity contribution in [2.24, 2.45) is 10.9 Å². The molecule has 1 aromatic rings. The minimum atomic E-state index is -3.63. The molecule has 1 N–H and O–H groups in total. The molecule has 0 unspecified atom stereocenters. The fourth-order valence-corrected chi connectivity index (χ4v) is 5.53. The smallest absolute Gasteiger partial charge is 0.243 e. The summed E-state index contributed by atoms with van der Waals surface area (Å²) in [6.45, 7) is 2.22. The van der Waals surface area contributed by atoms with E-state index in [0.717, 1.165) is 12.3 Å². The number of nitrogens with one attached hydrogen (secondary N) is 1. The molecule has 0 aliphatic carbocycles. The van der Waals surface area contributed by atoms with Gasteiger partial charge in [0.2, 0.25) is 15.9 Å². The molecule has 3 aliphatic heterocycles. The molecule has 10 heteroatoms. The van der Waals surface area contributed by atoms with Gasteiger partial charge in [0.15, 0.2) is 16.7 Å². The van der Waals surface area contributed by atoms with E-state index < -0.39 is 10.0 Å². The van der Waals surface area contributed by atoms with E-state index in [4.69, 9.17) is 9.47 Å². The number of hydrogen-bond donors (Lipinski definition) is 1. The summed E-state index contributed by atoms with van der Waals surface area (Å²) in [5, 5.41) is 3.52. The molecule has 1 fully saturated rings.